The van der Waals surface area contributed by atoms with Crippen molar-refractivity contribution in [1.82, 2.24) is 9.38 Å². The van der Waals surface area contributed by atoms with Crippen molar-refractivity contribution in [1.29, 1.82) is 0 Å². The topological polar surface area (TPSA) is 46.4 Å². The number of carbonyl (C=O) groups is 1. The largest absolute Gasteiger partial charge is 0.418 e. The normalized spacial score (nSPS) is 11.7. The maximum Gasteiger partial charge on any atom is 0.418 e. The van der Waals surface area contributed by atoms with E-state index in [0.717, 1.165) is 18.1 Å². The second-order valence-electron chi connectivity index (χ2n) is 6.04. The van der Waals surface area contributed by atoms with Crippen LogP contribution in [0.3, 0.4) is 0 Å². The van der Waals surface area contributed by atoms with Crippen LogP contribution in [0, 0.1) is 6.92 Å². The molecule has 0 fully saturated rings. The van der Waals surface area contributed by atoms with Gasteiger partial charge in [-0.05, 0) is 37.1 Å². The number of anilines is 1. The summed E-state index contributed by atoms with van der Waals surface area (Å²) in [4.78, 5) is 17.4. The minimum atomic E-state index is -4.55. The van der Waals surface area contributed by atoms with Gasteiger partial charge in [0, 0.05) is 6.20 Å². The van der Waals surface area contributed by atoms with Crippen LogP contribution >= 0.6 is 0 Å². The first kappa shape index (κ1) is 18.0. The summed E-state index contributed by atoms with van der Waals surface area (Å²) >= 11 is 0. The molecule has 0 radical (unpaired) electrons. The molecular formula is C19H18F3N3O. The van der Waals surface area contributed by atoms with Crippen LogP contribution in [0.4, 0.5) is 18.9 Å². The van der Waals surface area contributed by atoms with Crippen molar-refractivity contribution in [2.75, 3.05) is 5.32 Å². The van der Waals surface area contributed by atoms with E-state index in [1.54, 1.807) is 16.7 Å². The standard InChI is InChI=1S/C19H18F3N3O/c1-3-7-15-16(25-11-6-8-12(2)17(25)23-15)18(26)24-14-10-5-4-9-13(14)19(20,21)22/h4-6,8-11H,3,7H2,1-2H3,(H,24,26). The average molecular weight is 361 g/mol. The monoisotopic (exact) mass is 361 g/mol. The molecule has 1 amide bonds. The first-order chi connectivity index (χ1) is 12.3. The molecule has 0 aliphatic rings. The van der Waals surface area contributed by atoms with Crippen LogP contribution in [0.15, 0.2) is 42.6 Å². The molecule has 0 saturated carbocycles. The van der Waals surface area contributed by atoms with Gasteiger partial charge in [-0.2, -0.15) is 13.2 Å². The highest BCUT2D eigenvalue weighted by atomic mass is 19.4. The molecule has 1 N–H and O–H groups in total. The molecule has 0 spiro atoms. The van der Waals surface area contributed by atoms with Crippen molar-refractivity contribution in [3.8, 4) is 0 Å². The molecule has 0 aliphatic heterocycles. The van der Waals surface area contributed by atoms with Gasteiger partial charge in [0.25, 0.3) is 5.91 Å². The summed E-state index contributed by atoms with van der Waals surface area (Å²) < 4.78 is 41.2. The number of alkyl halides is 3. The summed E-state index contributed by atoms with van der Waals surface area (Å²) in [5.41, 5.74) is 1.21. The SMILES string of the molecule is CCCc1nc2c(C)cccn2c1C(=O)Nc1ccccc1C(F)(F)F. The third-order valence-corrected chi connectivity index (χ3v) is 4.10. The number of halogens is 3. The smallest absolute Gasteiger partial charge is 0.320 e. The Bertz CT molecular complexity index is 960. The summed E-state index contributed by atoms with van der Waals surface area (Å²) in [7, 11) is 0. The van der Waals surface area contributed by atoms with E-state index in [1.807, 2.05) is 19.9 Å². The Hall–Kier alpha value is -2.83. The van der Waals surface area contributed by atoms with Gasteiger partial charge in [-0.25, -0.2) is 4.98 Å². The van der Waals surface area contributed by atoms with Crippen molar-refractivity contribution in [3.63, 3.8) is 0 Å². The van der Waals surface area contributed by atoms with Crippen LogP contribution in [0.2, 0.25) is 0 Å². The Morgan fingerprint density at radius 2 is 1.92 bits per heavy atom. The third-order valence-electron chi connectivity index (χ3n) is 4.10. The number of fused-ring (bicyclic) bond motifs is 1. The van der Waals surface area contributed by atoms with Gasteiger partial charge in [0.05, 0.1) is 16.9 Å². The van der Waals surface area contributed by atoms with Gasteiger partial charge in [0.2, 0.25) is 0 Å². The zero-order valence-electron chi connectivity index (χ0n) is 14.4. The number of carbonyl (C=O) groups excluding carboxylic acids is 1. The van der Waals surface area contributed by atoms with Gasteiger partial charge in [0.1, 0.15) is 11.3 Å². The molecule has 0 saturated heterocycles. The number of rotatable bonds is 4. The number of hydrogen-bond donors (Lipinski definition) is 1. The number of aromatic nitrogens is 2. The molecule has 26 heavy (non-hydrogen) atoms. The molecule has 0 aliphatic carbocycles. The van der Waals surface area contributed by atoms with Gasteiger partial charge in [-0.15, -0.1) is 0 Å². The number of benzene rings is 1. The highest BCUT2D eigenvalue weighted by Gasteiger charge is 2.34. The predicted molar refractivity (Wildman–Crippen MR) is 93.3 cm³/mol. The number of amides is 1. The van der Waals surface area contributed by atoms with Crippen LogP contribution in [0.25, 0.3) is 5.65 Å². The van der Waals surface area contributed by atoms with Crippen LogP contribution in [0.5, 0.6) is 0 Å². The quantitative estimate of drug-likeness (QED) is 0.721. The van der Waals surface area contributed by atoms with Crippen molar-refractivity contribution in [2.24, 2.45) is 0 Å². The van der Waals surface area contributed by atoms with Crippen LogP contribution in [-0.2, 0) is 12.6 Å². The minimum Gasteiger partial charge on any atom is -0.320 e. The van der Waals surface area contributed by atoms with E-state index < -0.39 is 17.6 Å². The molecule has 0 bridgehead atoms. The van der Waals surface area contributed by atoms with E-state index in [4.69, 9.17) is 0 Å². The van der Waals surface area contributed by atoms with Crippen LogP contribution in [0.1, 0.15) is 40.7 Å². The zero-order chi connectivity index (χ0) is 18.9. The highest BCUT2D eigenvalue weighted by Crippen LogP contribution is 2.34. The maximum absolute atomic E-state index is 13.2. The first-order valence-corrected chi connectivity index (χ1v) is 8.27. The van der Waals surface area contributed by atoms with Gasteiger partial charge < -0.3 is 5.32 Å². The maximum atomic E-state index is 13.2. The van der Waals surface area contributed by atoms with Gasteiger partial charge in [0.15, 0.2) is 0 Å². The molecule has 4 nitrogen and oxygen atoms in total. The van der Waals surface area contributed by atoms with Crippen molar-refractivity contribution in [3.05, 3.63) is 65.1 Å². The number of pyridine rings is 1. The molecule has 136 valence electrons. The number of imidazole rings is 1. The third kappa shape index (κ3) is 3.29. The van der Waals surface area contributed by atoms with E-state index in [9.17, 15) is 18.0 Å². The molecule has 0 unspecified atom stereocenters. The zero-order valence-corrected chi connectivity index (χ0v) is 14.4. The molecule has 3 rings (SSSR count). The second-order valence-corrected chi connectivity index (χ2v) is 6.04. The molecular weight excluding hydrogens is 343 g/mol. The number of nitrogens with zero attached hydrogens (tertiary/aromatic N) is 2. The minimum absolute atomic E-state index is 0.266. The Kier molecular flexibility index (Phi) is 4.71. The van der Waals surface area contributed by atoms with E-state index in [0.29, 0.717) is 17.8 Å². The lowest BCUT2D eigenvalue weighted by atomic mass is 10.1. The predicted octanol–water partition coefficient (Wildman–Crippen LogP) is 4.87. The first-order valence-electron chi connectivity index (χ1n) is 8.27. The molecule has 1 aromatic carbocycles. The van der Waals surface area contributed by atoms with E-state index in [2.05, 4.69) is 10.3 Å². The molecule has 7 heteroatoms. The summed E-state index contributed by atoms with van der Waals surface area (Å²) in [5.74, 6) is -0.608. The lowest BCUT2D eigenvalue weighted by Gasteiger charge is -2.14. The number of hydrogen-bond acceptors (Lipinski definition) is 2. The van der Waals surface area contributed by atoms with Crippen molar-refractivity contribution >= 4 is 17.2 Å². The fraction of sp³-hybridized carbons (Fsp3) is 0.263. The summed E-state index contributed by atoms with van der Waals surface area (Å²) in [6, 6.07) is 8.59. The van der Waals surface area contributed by atoms with Crippen molar-refractivity contribution in [2.45, 2.75) is 32.9 Å². The van der Waals surface area contributed by atoms with Crippen molar-refractivity contribution < 1.29 is 18.0 Å². The molecule has 2 aromatic heterocycles. The lowest BCUT2D eigenvalue weighted by Crippen LogP contribution is -2.19. The summed E-state index contributed by atoms with van der Waals surface area (Å²) in [5, 5.41) is 2.41. The van der Waals surface area contributed by atoms with E-state index in [1.165, 1.54) is 18.2 Å². The highest BCUT2D eigenvalue weighted by molar-refractivity contribution is 6.05. The number of para-hydroxylation sites is 1. The fourth-order valence-corrected chi connectivity index (χ4v) is 2.92. The fourth-order valence-electron chi connectivity index (χ4n) is 2.92. The summed E-state index contributed by atoms with van der Waals surface area (Å²) in [6.45, 7) is 3.83. The Labute approximate surface area is 148 Å². The summed E-state index contributed by atoms with van der Waals surface area (Å²) in [6.07, 6.45) is -1.53. The van der Waals surface area contributed by atoms with Gasteiger partial charge in [-0.3, -0.25) is 9.20 Å². The lowest BCUT2D eigenvalue weighted by molar-refractivity contribution is -0.136. The van der Waals surface area contributed by atoms with Crippen LogP contribution in [-0.4, -0.2) is 15.3 Å². The van der Waals surface area contributed by atoms with E-state index in [-0.39, 0.29) is 11.4 Å². The van der Waals surface area contributed by atoms with Gasteiger partial charge in [-0.1, -0.05) is 31.5 Å². The van der Waals surface area contributed by atoms with Gasteiger partial charge >= 0.3 is 6.18 Å². The Balaban J connectivity index is 2.07. The average Bonchev–Trinajstić information content (AvgIpc) is 2.94. The molecule has 0 atom stereocenters. The second kappa shape index (κ2) is 6.82. The van der Waals surface area contributed by atoms with Crippen LogP contribution < -0.4 is 5.32 Å². The number of nitrogens with one attached hydrogen (secondary N) is 1. The van der Waals surface area contributed by atoms with E-state index >= 15 is 0 Å². The molecule has 3 aromatic rings. The Morgan fingerprint density at radius 3 is 2.62 bits per heavy atom. The molecule has 2 heterocycles. The Morgan fingerprint density at radius 1 is 1.19 bits per heavy atom. The number of aryl methyl sites for hydroxylation is 2.